The molecule has 0 radical (unpaired) electrons. The first-order valence-corrected chi connectivity index (χ1v) is 6.03. The van der Waals surface area contributed by atoms with Crippen LogP contribution in [0.3, 0.4) is 0 Å². The summed E-state index contributed by atoms with van der Waals surface area (Å²) in [7, 11) is -3.64. The van der Waals surface area contributed by atoms with Crippen LogP contribution < -0.4 is 9.88 Å². The molecule has 0 heterocycles. The van der Waals surface area contributed by atoms with Crippen molar-refractivity contribution in [1.82, 2.24) is 0 Å². The van der Waals surface area contributed by atoms with Gasteiger partial charge in [-0.3, -0.25) is 0 Å². The zero-order valence-corrected chi connectivity index (χ0v) is 9.33. The Hall–Kier alpha value is -1.04. The van der Waals surface area contributed by atoms with Crippen molar-refractivity contribution in [2.45, 2.75) is 4.90 Å². The molecule has 82 valence electrons. The van der Waals surface area contributed by atoms with E-state index >= 15 is 0 Å². The summed E-state index contributed by atoms with van der Waals surface area (Å²) < 4.78 is 27.0. The molecule has 0 fully saturated rings. The van der Waals surface area contributed by atoms with Crippen molar-refractivity contribution in [3.05, 3.63) is 35.9 Å². The van der Waals surface area contributed by atoms with E-state index in [-0.39, 0.29) is 4.90 Å². The van der Waals surface area contributed by atoms with Gasteiger partial charge in [0.1, 0.15) is 12.4 Å². The van der Waals surface area contributed by atoms with Gasteiger partial charge < -0.3 is 4.74 Å². The van der Waals surface area contributed by atoms with Crippen LogP contribution in [0.2, 0.25) is 0 Å². The Labute approximate surface area is 93.4 Å². The molecule has 4 nitrogen and oxygen atoms in total. The molecule has 0 amide bonds. The smallest absolute Gasteiger partial charge is 0.238 e. The first kappa shape index (κ1) is 12.0. The van der Waals surface area contributed by atoms with Gasteiger partial charge in [0.2, 0.25) is 10.0 Å². The Balaban J connectivity index is 2.73. The Kier molecular flexibility index (Phi) is 4.14. The van der Waals surface area contributed by atoms with E-state index in [4.69, 9.17) is 21.5 Å². The van der Waals surface area contributed by atoms with Crippen molar-refractivity contribution in [2.24, 2.45) is 5.14 Å². The summed E-state index contributed by atoms with van der Waals surface area (Å²) in [6.45, 7) is 0.332. The van der Waals surface area contributed by atoms with Gasteiger partial charge in [-0.05, 0) is 30.3 Å². The fourth-order valence-electron chi connectivity index (χ4n) is 0.906. The molecule has 1 aromatic carbocycles. The quantitative estimate of drug-likeness (QED) is 0.876. The number of primary sulfonamides is 1. The molecule has 1 aromatic rings. The second-order valence-electron chi connectivity index (χ2n) is 2.69. The van der Waals surface area contributed by atoms with Crippen molar-refractivity contribution in [1.29, 1.82) is 0 Å². The first-order chi connectivity index (χ1) is 7.04. The summed E-state index contributed by atoms with van der Waals surface area (Å²) in [6.07, 6.45) is 1.62. The second-order valence-corrected chi connectivity index (χ2v) is 4.50. The molecular weight excluding hydrogens is 238 g/mol. The molecule has 0 unspecified atom stereocenters. The largest absolute Gasteiger partial charge is 0.490 e. The number of hydrogen-bond donors (Lipinski definition) is 1. The third kappa shape index (κ3) is 3.91. The van der Waals surface area contributed by atoms with Crippen LogP contribution >= 0.6 is 11.6 Å². The fraction of sp³-hybridized carbons (Fsp3) is 0.111. The number of halogens is 1. The zero-order valence-electron chi connectivity index (χ0n) is 7.76. The van der Waals surface area contributed by atoms with Gasteiger partial charge in [0.05, 0.1) is 4.90 Å². The molecule has 15 heavy (non-hydrogen) atoms. The molecule has 1 rings (SSSR count). The van der Waals surface area contributed by atoms with Crippen LogP contribution in [-0.2, 0) is 10.0 Å². The normalized spacial score (nSPS) is 11.9. The summed E-state index contributed by atoms with van der Waals surface area (Å²) >= 11 is 5.30. The summed E-state index contributed by atoms with van der Waals surface area (Å²) in [6, 6.07) is 5.83. The predicted molar refractivity (Wildman–Crippen MR) is 58.3 cm³/mol. The van der Waals surface area contributed by atoms with Crippen LogP contribution in [0, 0.1) is 0 Å². The molecule has 0 aliphatic carbocycles. The highest BCUT2D eigenvalue weighted by atomic mass is 35.5. The number of sulfonamides is 1. The minimum atomic E-state index is -3.64. The lowest BCUT2D eigenvalue weighted by Gasteiger charge is -2.03. The molecule has 0 saturated heterocycles. The average molecular weight is 248 g/mol. The lowest BCUT2D eigenvalue weighted by atomic mass is 10.3. The summed E-state index contributed by atoms with van der Waals surface area (Å²) in [5.41, 5.74) is 1.35. The maximum Gasteiger partial charge on any atom is 0.238 e. The highest BCUT2D eigenvalue weighted by Gasteiger charge is 2.06. The van der Waals surface area contributed by atoms with Crippen LogP contribution in [0.1, 0.15) is 0 Å². The van der Waals surface area contributed by atoms with Crippen molar-refractivity contribution in [3.63, 3.8) is 0 Å². The highest BCUT2D eigenvalue weighted by Crippen LogP contribution is 2.14. The van der Waals surface area contributed by atoms with E-state index in [9.17, 15) is 8.42 Å². The van der Waals surface area contributed by atoms with Gasteiger partial charge in [0.25, 0.3) is 0 Å². The van der Waals surface area contributed by atoms with E-state index in [2.05, 4.69) is 0 Å². The number of nitrogens with two attached hydrogens (primary N) is 1. The van der Waals surface area contributed by atoms with Gasteiger partial charge in [-0.2, -0.15) is 0 Å². The predicted octanol–water partition coefficient (Wildman–Crippen LogP) is 1.47. The van der Waals surface area contributed by atoms with Crippen molar-refractivity contribution in [2.75, 3.05) is 6.61 Å². The van der Waals surface area contributed by atoms with Gasteiger partial charge in [-0.1, -0.05) is 11.6 Å². The van der Waals surface area contributed by atoms with E-state index < -0.39 is 10.0 Å². The standard InChI is InChI=1S/C9H10ClNO3S/c10-6-1-7-14-8-2-4-9(5-3-8)15(11,12)13/h1-6H,7H2,(H2,11,12,13)/b6-1+. The number of hydrogen-bond acceptors (Lipinski definition) is 3. The summed E-state index contributed by atoms with van der Waals surface area (Å²) in [5.74, 6) is 0.553. The SMILES string of the molecule is NS(=O)(=O)c1ccc(OC/C=C/Cl)cc1. The highest BCUT2D eigenvalue weighted by molar-refractivity contribution is 7.89. The van der Waals surface area contributed by atoms with Gasteiger partial charge in [-0.25, -0.2) is 13.6 Å². The van der Waals surface area contributed by atoms with Crippen molar-refractivity contribution in [3.8, 4) is 5.75 Å². The Morgan fingerprint density at radius 3 is 2.40 bits per heavy atom. The van der Waals surface area contributed by atoms with Crippen LogP contribution in [0.4, 0.5) is 0 Å². The topological polar surface area (TPSA) is 69.4 Å². The maximum atomic E-state index is 10.9. The Morgan fingerprint density at radius 2 is 1.93 bits per heavy atom. The minimum absolute atomic E-state index is 0.0581. The monoisotopic (exact) mass is 247 g/mol. The molecular formula is C9H10ClNO3S. The Bertz CT molecular complexity index is 439. The zero-order chi connectivity index (χ0) is 11.3. The van der Waals surface area contributed by atoms with Gasteiger partial charge in [0.15, 0.2) is 0 Å². The van der Waals surface area contributed by atoms with Crippen molar-refractivity contribution < 1.29 is 13.2 Å². The molecule has 0 saturated carbocycles. The van der Waals surface area contributed by atoms with Crippen LogP contribution in [0.25, 0.3) is 0 Å². The van der Waals surface area contributed by atoms with Crippen LogP contribution in [0.15, 0.2) is 40.8 Å². The fourth-order valence-corrected chi connectivity index (χ4v) is 1.49. The number of benzene rings is 1. The lowest BCUT2D eigenvalue weighted by Crippen LogP contribution is -2.11. The minimum Gasteiger partial charge on any atom is -0.490 e. The molecule has 0 aliphatic rings. The molecule has 6 heteroatoms. The second kappa shape index (κ2) is 5.16. The molecule has 0 atom stereocenters. The first-order valence-electron chi connectivity index (χ1n) is 4.05. The lowest BCUT2D eigenvalue weighted by molar-refractivity contribution is 0.363. The average Bonchev–Trinajstić information content (AvgIpc) is 2.18. The summed E-state index contributed by atoms with van der Waals surface area (Å²) in [5, 5.41) is 4.93. The van der Waals surface area contributed by atoms with E-state index in [0.29, 0.717) is 12.4 Å². The molecule has 0 aromatic heterocycles. The number of rotatable bonds is 4. The van der Waals surface area contributed by atoms with Crippen molar-refractivity contribution >= 4 is 21.6 Å². The maximum absolute atomic E-state index is 10.9. The van der Waals surface area contributed by atoms with E-state index in [1.54, 1.807) is 6.08 Å². The third-order valence-electron chi connectivity index (χ3n) is 1.59. The van der Waals surface area contributed by atoms with E-state index in [0.717, 1.165) is 0 Å². The van der Waals surface area contributed by atoms with Crippen LogP contribution in [-0.4, -0.2) is 15.0 Å². The van der Waals surface area contributed by atoms with Gasteiger partial charge in [0, 0.05) is 5.54 Å². The summed E-state index contributed by atoms with van der Waals surface area (Å²) in [4.78, 5) is 0.0581. The third-order valence-corrected chi connectivity index (χ3v) is 2.69. The molecule has 0 bridgehead atoms. The molecule has 0 spiro atoms. The molecule has 0 aliphatic heterocycles. The Morgan fingerprint density at radius 1 is 1.33 bits per heavy atom. The molecule has 2 N–H and O–H groups in total. The van der Waals surface area contributed by atoms with Gasteiger partial charge in [-0.15, -0.1) is 0 Å². The van der Waals surface area contributed by atoms with Gasteiger partial charge >= 0.3 is 0 Å². The van der Waals surface area contributed by atoms with Crippen LogP contribution in [0.5, 0.6) is 5.75 Å². The van der Waals surface area contributed by atoms with E-state index in [1.165, 1.54) is 29.8 Å². The van der Waals surface area contributed by atoms with E-state index in [1.807, 2.05) is 0 Å². The number of ether oxygens (including phenoxy) is 1.